The Hall–Kier alpha value is -2.19. The zero-order valence-corrected chi connectivity index (χ0v) is 15.5. The molecule has 9 heteroatoms. The number of halogens is 1. The van der Waals surface area contributed by atoms with Gasteiger partial charge >= 0.3 is 0 Å². The van der Waals surface area contributed by atoms with Gasteiger partial charge in [0, 0.05) is 17.5 Å². The van der Waals surface area contributed by atoms with Crippen LogP contribution in [0.3, 0.4) is 0 Å². The molecule has 26 heavy (non-hydrogen) atoms. The molecule has 4 rings (SSSR count). The van der Waals surface area contributed by atoms with Crippen molar-refractivity contribution in [2.45, 2.75) is 31.6 Å². The largest absolute Gasteiger partial charge is 0.494 e. The molecule has 2 heterocycles. The van der Waals surface area contributed by atoms with E-state index in [1.54, 1.807) is 11.8 Å². The summed E-state index contributed by atoms with van der Waals surface area (Å²) in [5.41, 5.74) is 1.48. The molecule has 0 spiro atoms. The highest BCUT2D eigenvalue weighted by atomic mass is 35.5. The van der Waals surface area contributed by atoms with E-state index in [0.717, 1.165) is 56.0 Å². The number of anilines is 1. The summed E-state index contributed by atoms with van der Waals surface area (Å²) < 4.78 is 7.18. The Morgan fingerprint density at radius 1 is 1.27 bits per heavy atom. The van der Waals surface area contributed by atoms with Gasteiger partial charge in [0.15, 0.2) is 5.82 Å². The number of benzene rings is 1. The fourth-order valence-corrected chi connectivity index (χ4v) is 3.22. The number of hydrogen-bond acceptors (Lipinski definition) is 6. The van der Waals surface area contributed by atoms with Gasteiger partial charge in [-0.3, -0.25) is 4.79 Å². The Bertz CT molecular complexity index is 770. The third-order valence-electron chi connectivity index (χ3n) is 4.82. The number of carbonyl (C=O) groups is 1. The van der Waals surface area contributed by atoms with Crippen LogP contribution in [-0.2, 0) is 4.79 Å². The van der Waals surface area contributed by atoms with E-state index in [0.29, 0.717) is 11.7 Å². The van der Waals surface area contributed by atoms with Crippen LogP contribution in [0.1, 0.15) is 37.4 Å². The lowest BCUT2D eigenvalue weighted by Gasteiger charge is -2.22. The van der Waals surface area contributed by atoms with Gasteiger partial charge in [-0.15, -0.1) is 17.5 Å². The van der Waals surface area contributed by atoms with E-state index in [1.165, 1.54) is 0 Å². The quantitative estimate of drug-likeness (QED) is 0.825. The molecule has 1 saturated carbocycles. The van der Waals surface area contributed by atoms with Gasteiger partial charge in [0.1, 0.15) is 11.4 Å². The summed E-state index contributed by atoms with van der Waals surface area (Å²) in [5.74, 6) is 2.06. The number of piperidine rings is 1. The predicted octanol–water partition coefficient (Wildman–Crippen LogP) is 1.91. The number of aromatic nitrogens is 4. The molecule has 1 aromatic heterocycles. The van der Waals surface area contributed by atoms with Crippen LogP contribution < -0.4 is 15.4 Å². The number of carbonyl (C=O) groups excluding carboxylic acids is 1. The average Bonchev–Trinajstić information content (AvgIpc) is 3.39. The first-order valence-electron chi connectivity index (χ1n) is 8.74. The molecule has 1 aliphatic carbocycles. The van der Waals surface area contributed by atoms with E-state index >= 15 is 0 Å². The average molecular weight is 379 g/mol. The fraction of sp³-hybridized carbons (Fsp3) is 0.529. The Balaban J connectivity index is 0.00000196. The second-order valence-corrected chi connectivity index (χ2v) is 6.62. The van der Waals surface area contributed by atoms with Gasteiger partial charge < -0.3 is 15.4 Å². The summed E-state index contributed by atoms with van der Waals surface area (Å²) in [6.45, 7) is 1.78. The van der Waals surface area contributed by atoms with Gasteiger partial charge in [-0.1, -0.05) is 0 Å². The van der Waals surface area contributed by atoms with E-state index < -0.39 is 0 Å². The van der Waals surface area contributed by atoms with Gasteiger partial charge in [-0.05, 0) is 67.4 Å². The van der Waals surface area contributed by atoms with Crippen LogP contribution in [0.4, 0.5) is 5.69 Å². The summed E-state index contributed by atoms with van der Waals surface area (Å²) in [7, 11) is 1.62. The minimum Gasteiger partial charge on any atom is -0.494 e. The molecule has 2 aliphatic rings. The SMILES string of the molecule is COc1ccc(NC(=O)C2CCNCC2)cc1-n1nnnc1C1CC1.Cl. The summed E-state index contributed by atoms with van der Waals surface area (Å²) >= 11 is 0. The molecule has 140 valence electrons. The number of tetrazole rings is 1. The molecule has 0 radical (unpaired) electrons. The van der Waals surface area contributed by atoms with Crippen LogP contribution in [0.2, 0.25) is 0 Å². The molecule has 1 aliphatic heterocycles. The topological polar surface area (TPSA) is 94.0 Å². The van der Waals surface area contributed by atoms with E-state index in [2.05, 4.69) is 26.2 Å². The monoisotopic (exact) mass is 378 g/mol. The van der Waals surface area contributed by atoms with E-state index in [4.69, 9.17) is 4.74 Å². The highest BCUT2D eigenvalue weighted by Crippen LogP contribution is 2.40. The predicted molar refractivity (Wildman–Crippen MR) is 99.2 cm³/mol. The molecule has 0 unspecified atom stereocenters. The number of nitrogens with one attached hydrogen (secondary N) is 2. The van der Waals surface area contributed by atoms with Crippen molar-refractivity contribution in [2.24, 2.45) is 5.92 Å². The number of amides is 1. The zero-order chi connectivity index (χ0) is 17.2. The van der Waals surface area contributed by atoms with Crippen molar-refractivity contribution in [3.05, 3.63) is 24.0 Å². The van der Waals surface area contributed by atoms with Crippen LogP contribution in [0.15, 0.2) is 18.2 Å². The van der Waals surface area contributed by atoms with E-state index in [1.807, 2.05) is 18.2 Å². The van der Waals surface area contributed by atoms with Gasteiger partial charge in [0.25, 0.3) is 0 Å². The highest BCUT2D eigenvalue weighted by molar-refractivity contribution is 5.93. The molecular weight excluding hydrogens is 356 g/mol. The number of rotatable bonds is 5. The third kappa shape index (κ3) is 3.81. The first-order valence-corrected chi connectivity index (χ1v) is 8.74. The molecule has 1 amide bonds. The number of ether oxygens (including phenoxy) is 1. The van der Waals surface area contributed by atoms with Crippen molar-refractivity contribution >= 4 is 24.0 Å². The Morgan fingerprint density at radius 3 is 2.73 bits per heavy atom. The summed E-state index contributed by atoms with van der Waals surface area (Å²) in [6.07, 6.45) is 3.95. The molecule has 2 N–H and O–H groups in total. The number of nitrogens with zero attached hydrogens (tertiary/aromatic N) is 4. The van der Waals surface area contributed by atoms with Crippen molar-refractivity contribution in [1.82, 2.24) is 25.5 Å². The fourth-order valence-electron chi connectivity index (χ4n) is 3.22. The van der Waals surface area contributed by atoms with Gasteiger partial charge in [-0.2, -0.15) is 4.68 Å². The van der Waals surface area contributed by atoms with Crippen molar-refractivity contribution in [1.29, 1.82) is 0 Å². The lowest BCUT2D eigenvalue weighted by Crippen LogP contribution is -2.34. The molecule has 8 nitrogen and oxygen atoms in total. The summed E-state index contributed by atoms with van der Waals surface area (Å²) in [4.78, 5) is 12.5. The van der Waals surface area contributed by atoms with E-state index in [-0.39, 0.29) is 24.2 Å². The Kier molecular flexibility index (Phi) is 5.73. The Labute approximate surface area is 158 Å². The molecule has 0 atom stereocenters. The van der Waals surface area contributed by atoms with Crippen molar-refractivity contribution in [2.75, 3.05) is 25.5 Å². The first kappa shape index (κ1) is 18.6. The normalized spacial score (nSPS) is 17.4. The highest BCUT2D eigenvalue weighted by Gasteiger charge is 2.31. The van der Waals surface area contributed by atoms with Crippen LogP contribution in [0.25, 0.3) is 5.69 Å². The van der Waals surface area contributed by atoms with Crippen LogP contribution in [0.5, 0.6) is 5.75 Å². The van der Waals surface area contributed by atoms with E-state index in [9.17, 15) is 4.79 Å². The standard InChI is InChI=1S/C17H22N6O2.ClH/c1-25-15-5-4-13(19-17(24)12-6-8-18-9-7-12)10-14(15)23-16(11-2-3-11)20-21-22-23;/h4-5,10-12,18H,2-3,6-9H2,1H3,(H,19,24);1H. The van der Waals surface area contributed by atoms with Gasteiger partial charge in [0.05, 0.1) is 7.11 Å². The maximum atomic E-state index is 12.5. The van der Waals surface area contributed by atoms with Gasteiger partial charge in [0.2, 0.25) is 5.91 Å². The van der Waals surface area contributed by atoms with Crippen molar-refractivity contribution in [3.8, 4) is 11.4 Å². The van der Waals surface area contributed by atoms with Crippen molar-refractivity contribution in [3.63, 3.8) is 0 Å². The molecule has 2 fully saturated rings. The Morgan fingerprint density at radius 2 is 2.04 bits per heavy atom. The molecule has 1 saturated heterocycles. The number of methoxy groups -OCH3 is 1. The molecule has 1 aromatic carbocycles. The maximum absolute atomic E-state index is 12.5. The second kappa shape index (κ2) is 8.01. The molecule has 2 aromatic rings. The van der Waals surface area contributed by atoms with Crippen LogP contribution in [0, 0.1) is 5.92 Å². The zero-order valence-electron chi connectivity index (χ0n) is 14.6. The molecular formula is C17H23ClN6O2. The summed E-state index contributed by atoms with van der Waals surface area (Å²) in [5, 5.41) is 18.4. The first-order chi connectivity index (χ1) is 12.3. The molecule has 0 bridgehead atoms. The van der Waals surface area contributed by atoms with Crippen LogP contribution >= 0.6 is 12.4 Å². The smallest absolute Gasteiger partial charge is 0.227 e. The third-order valence-corrected chi connectivity index (χ3v) is 4.82. The second-order valence-electron chi connectivity index (χ2n) is 6.62. The minimum absolute atomic E-state index is 0. The number of hydrogen-bond donors (Lipinski definition) is 2. The lowest BCUT2D eigenvalue weighted by molar-refractivity contribution is -0.120. The van der Waals surface area contributed by atoms with Crippen LogP contribution in [-0.4, -0.2) is 46.3 Å². The lowest BCUT2D eigenvalue weighted by atomic mass is 9.97. The maximum Gasteiger partial charge on any atom is 0.227 e. The minimum atomic E-state index is 0. The summed E-state index contributed by atoms with van der Waals surface area (Å²) in [6, 6.07) is 5.56. The van der Waals surface area contributed by atoms with Crippen molar-refractivity contribution < 1.29 is 9.53 Å². The van der Waals surface area contributed by atoms with Gasteiger partial charge in [-0.25, -0.2) is 0 Å².